The van der Waals surface area contributed by atoms with E-state index in [9.17, 15) is 26.3 Å². The fourth-order valence-electron chi connectivity index (χ4n) is 2.55. The van der Waals surface area contributed by atoms with Gasteiger partial charge in [-0.25, -0.2) is 9.67 Å². The Morgan fingerprint density at radius 1 is 0.962 bits per heavy atom. The number of alkyl halides is 6. The molecular weight excluding hydrogens is 384 g/mol. The van der Waals surface area contributed by atoms with Crippen molar-refractivity contribution in [2.75, 3.05) is 0 Å². The third-order valence-electron chi connectivity index (χ3n) is 3.81. The maximum absolute atomic E-state index is 13.3. The average molecular weight is 394 g/mol. The van der Waals surface area contributed by atoms with E-state index in [0.717, 1.165) is 4.68 Å². The second kappa shape index (κ2) is 5.87. The van der Waals surface area contributed by atoms with Gasteiger partial charge in [-0.1, -0.05) is 17.7 Å². The van der Waals surface area contributed by atoms with Gasteiger partial charge in [0.2, 0.25) is 0 Å². The lowest BCUT2D eigenvalue weighted by atomic mass is 10.1. The fourth-order valence-corrected chi connectivity index (χ4v) is 2.73. The van der Waals surface area contributed by atoms with Crippen molar-refractivity contribution in [1.29, 1.82) is 0 Å². The van der Waals surface area contributed by atoms with Gasteiger partial charge in [-0.3, -0.25) is 0 Å². The zero-order valence-electron chi connectivity index (χ0n) is 13.3. The van der Waals surface area contributed by atoms with E-state index >= 15 is 0 Å². The summed E-state index contributed by atoms with van der Waals surface area (Å²) in [6, 6.07) is 4.47. The summed E-state index contributed by atoms with van der Waals surface area (Å²) in [5, 5.41) is 3.77. The monoisotopic (exact) mass is 393 g/mol. The molecule has 0 fully saturated rings. The van der Waals surface area contributed by atoms with Crippen LogP contribution in [0.1, 0.15) is 22.5 Å². The molecule has 26 heavy (non-hydrogen) atoms. The Bertz CT molecular complexity index is 1000. The SMILES string of the molecule is Cc1ccc(-n2nc(C)c3c(C(F)(F)F)cc(C(F)(F)F)nc32)cc1Cl. The number of pyridine rings is 1. The van der Waals surface area contributed by atoms with Crippen molar-refractivity contribution < 1.29 is 26.3 Å². The second-order valence-corrected chi connectivity index (χ2v) is 6.09. The summed E-state index contributed by atoms with van der Waals surface area (Å²) in [5.41, 5.74) is -2.80. The molecule has 0 bridgehead atoms. The largest absolute Gasteiger partial charge is 0.433 e. The third-order valence-corrected chi connectivity index (χ3v) is 4.22. The van der Waals surface area contributed by atoms with Gasteiger partial charge < -0.3 is 0 Å². The maximum atomic E-state index is 13.3. The Balaban J connectivity index is 2.41. The van der Waals surface area contributed by atoms with E-state index in [1.165, 1.54) is 19.1 Å². The van der Waals surface area contributed by atoms with Gasteiger partial charge in [-0.2, -0.15) is 31.4 Å². The first-order chi connectivity index (χ1) is 11.9. The molecule has 0 atom stereocenters. The minimum atomic E-state index is -5.04. The summed E-state index contributed by atoms with van der Waals surface area (Å²) < 4.78 is 80.1. The van der Waals surface area contributed by atoms with Crippen molar-refractivity contribution in [2.24, 2.45) is 0 Å². The summed E-state index contributed by atoms with van der Waals surface area (Å²) in [6.07, 6.45) is -10.0. The molecule has 0 spiro atoms. The number of hydrogen-bond acceptors (Lipinski definition) is 2. The van der Waals surface area contributed by atoms with E-state index < -0.39 is 34.6 Å². The van der Waals surface area contributed by atoms with Crippen LogP contribution >= 0.6 is 11.6 Å². The predicted molar refractivity (Wildman–Crippen MR) is 83.4 cm³/mol. The highest BCUT2D eigenvalue weighted by Gasteiger charge is 2.40. The number of aromatic nitrogens is 3. The summed E-state index contributed by atoms with van der Waals surface area (Å²) in [4.78, 5) is 3.40. The van der Waals surface area contributed by atoms with Gasteiger partial charge in [0.15, 0.2) is 5.65 Å². The van der Waals surface area contributed by atoms with Crippen LogP contribution < -0.4 is 0 Å². The first-order valence-corrected chi connectivity index (χ1v) is 7.58. The highest BCUT2D eigenvalue weighted by Crippen LogP contribution is 2.40. The lowest BCUT2D eigenvalue weighted by Crippen LogP contribution is -2.14. The number of aryl methyl sites for hydroxylation is 2. The number of benzene rings is 1. The van der Waals surface area contributed by atoms with E-state index in [2.05, 4.69) is 10.1 Å². The molecule has 0 amide bonds. The minimum Gasteiger partial charge on any atom is -0.223 e. The Labute approximate surface area is 148 Å². The first-order valence-electron chi connectivity index (χ1n) is 7.21. The molecule has 0 saturated carbocycles. The van der Waals surface area contributed by atoms with Crippen LogP contribution in [0.3, 0.4) is 0 Å². The molecule has 0 saturated heterocycles. The lowest BCUT2D eigenvalue weighted by Gasteiger charge is -2.13. The molecule has 0 unspecified atom stereocenters. The van der Waals surface area contributed by atoms with Crippen LogP contribution in [0.4, 0.5) is 26.3 Å². The van der Waals surface area contributed by atoms with Crippen molar-refractivity contribution in [3.8, 4) is 5.69 Å². The molecule has 0 aliphatic rings. The van der Waals surface area contributed by atoms with Gasteiger partial charge in [-0.05, 0) is 37.6 Å². The average Bonchev–Trinajstić information content (AvgIpc) is 2.84. The van der Waals surface area contributed by atoms with E-state index in [4.69, 9.17) is 11.6 Å². The predicted octanol–water partition coefficient (Wildman–Crippen LogP) is 5.73. The van der Waals surface area contributed by atoms with E-state index in [1.54, 1.807) is 13.0 Å². The number of hydrogen-bond donors (Lipinski definition) is 0. The molecule has 2 heterocycles. The van der Waals surface area contributed by atoms with Gasteiger partial charge >= 0.3 is 12.4 Å². The van der Waals surface area contributed by atoms with Crippen molar-refractivity contribution in [2.45, 2.75) is 26.2 Å². The summed E-state index contributed by atoms with van der Waals surface area (Å²) >= 11 is 6.01. The van der Waals surface area contributed by atoms with E-state index in [1.807, 2.05) is 0 Å². The minimum absolute atomic E-state index is 0.00345. The van der Waals surface area contributed by atoms with Crippen molar-refractivity contribution >= 4 is 22.6 Å². The molecular formula is C16H10ClF6N3. The molecule has 1 aromatic carbocycles. The van der Waals surface area contributed by atoms with E-state index in [0.29, 0.717) is 10.6 Å². The molecule has 3 aromatic rings. The molecule has 138 valence electrons. The molecule has 3 rings (SSSR count). The number of fused-ring (bicyclic) bond motifs is 1. The molecule has 2 aromatic heterocycles. The van der Waals surface area contributed by atoms with Gasteiger partial charge in [-0.15, -0.1) is 0 Å². The molecule has 10 heteroatoms. The quantitative estimate of drug-likeness (QED) is 0.494. The molecule has 3 nitrogen and oxygen atoms in total. The normalized spacial score (nSPS) is 12.8. The third kappa shape index (κ3) is 3.11. The Hall–Kier alpha value is -2.29. The van der Waals surface area contributed by atoms with Crippen LogP contribution in [0, 0.1) is 13.8 Å². The van der Waals surface area contributed by atoms with E-state index in [-0.39, 0.29) is 17.4 Å². The number of rotatable bonds is 1. The van der Waals surface area contributed by atoms with Crippen LogP contribution in [0.25, 0.3) is 16.7 Å². The Kier molecular flexibility index (Phi) is 4.18. The molecule has 0 aliphatic heterocycles. The Morgan fingerprint density at radius 2 is 1.62 bits per heavy atom. The van der Waals surface area contributed by atoms with Crippen molar-refractivity contribution in [1.82, 2.24) is 14.8 Å². The van der Waals surface area contributed by atoms with Crippen LogP contribution in [0.15, 0.2) is 24.3 Å². The second-order valence-electron chi connectivity index (χ2n) is 5.68. The maximum Gasteiger partial charge on any atom is 0.433 e. The van der Waals surface area contributed by atoms with Crippen LogP contribution in [0.2, 0.25) is 5.02 Å². The summed E-state index contributed by atoms with van der Waals surface area (Å²) in [6.45, 7) is 2.99. The summed E-state index contributed by atoms with van der Waals surface area (Å²) in [5.74, 6) is 0. The highest BCUT2D eigenvalue weighted by atomic mass is 35.5. The lowest BCUT2D eigenvalue weighted by molar-refractivity contribution is -0.144. The Morgan fingerprint density at radius 3 is 2.15 bits per heavy atom. The molecule has 0 N–H and O–H groups in total. The van der Waals surface area contributed by atoms with Crippen molar-refractivity contribution in [3.05, 3.63) is 51.8 Å². The zero-order chi connectivity index (χ0) is 19.4. The molecule has 0 radical (unpaired) electrons. The topological polar surface area (TPSA) is 30.7 Å². The van der Waals surface area contributed by atoms with Crippen LogP contribution in [-0.4, -0.2) is 14.8 Å². The van der Waals surface area contributed by atoms with Crippen molar-refractivity contribution in [3.63, 3.8) is 0 Å². The van der Waals surface area contributed by atoms with Gasteiger partial charge in [0.25, 0.3) is 0 Å². The van der Waals surface area contributed by atoms with Gasteiger partial charge in [0, 0.05) is 5.02 Å². The fraction of sp³-hybridized carbons (Fsp3) is 0.250. The highest BCUT2D eigenvalue weighted by molar-refractivity contribution is 6.31. The number of halogens is 7. The molecule has 0 aliphatic carbocycles. The smallest absolute Gasteiger partial charge is 0.223 e. The summed E-state index contributed by atoms with van der Waals surface area (Å²) in [7, 11) is 0. The zero-order valence-corrected chi connectivity index (χ0v) is 14.1. The van der Waals surface area contributed by atoms with Gasteiger partial charge in [0.05, 0.1) is 22.3 Å². The van der Waals surface area contributed by atoms with Gasteiger partial charge in [0.1, 0.15) is 5.69 Å². The first kappa shape index (κ1) is 18.5. The standard InChI is InChI=1S/C16H10ClF6N3/c1-7-3-4-9(5-11(7)17)26-14-13(8(2)25-26)10(15(18,19)20)6-12(24-14)16(21,22)23/h3-6H,1-2H3. The van der Waals surface area contributed by atoms with Crippen LogP contribution in [-0.2, 0) is 12.4 Å². The number of nitrogens with zero attached hydrogens (tertiary/aromatic N) is 3. The van der Waals surface area contributed by atoms with Crippen LogP contribution in [0.5, 0.6) is 0 Å².